The van der Waals surface area contributed by atoms with Crippen molar-refractivity contribution in [3.05, 3.63) is 46.2 Å². The molecule has 1 heterocycles. The van der Waals surface area contributed by atoms with Gasteiger partial charge in [-0.1, -0.05) is 23.2 Å². The fraction of sp³-hybridized carbons (Fsp3) is 0.250. The van der Waals surface area contributed by atoms with Crippen LogP contribution in [0.25, 0.3) is 0 Å². The third kappa shape index (κ3) is 4.74. The molecule has 6 nitrogen and oxygen atoms in total. The Morgan fingerprint density at radius 2 is 1.96 bits per heavy atom. The molecule has 0 aliphatic heterocycles. The lowest BCUT2D eigenvalue weighted by Gasteiger charge is -2.13. The number of hydrogen-bond donors (Lipinski definition) is 1. The summed E-state index contributed by atoms with van der Waals surface area (Å²) in [5.41, 5.74) is 0.835. The summed E-state index contributed by atoms with van der Waals surface area (Å²) in [6, 6.07) is 6.51. The van der Waals surface area contributed by atoms with E-state index < -0.39 is 0 Å². The number of carbonyl (C=O) groups excluding carboxylic acids is 1. The van der Waals surface area contributed by atoms with Crippen molar-refractivity contribution in [1.29, 1.82) is 0 Å². The van der Waals surface area contributed by atoms with Gasteiger partial charge >= 0.3 is 0 Å². The van der Waals surface area contributed by atoms with E-state index in [9.17, 15) is 4.79 Å². The summed E-state index contributed by atoms with van der Waals surface area (Å²) in [6.45, 7) is 0.801. The van der Waals surface area contributed by atoms with Crippen LogP contribution < -0.4 is 14.8 Å². The Labute approximate surface area is 149 Å². The topological polar surface area (TPSA) is 69.7 Å². The highest BCUT2D eigenvalue weighted by molar-refractivity contribution is 6.41. The molecule has 0 saturated heterocycles. The smallest absolute Gasteiger partial charge is 0.257 e. The summed E-state index contributed by atoms with van der Waals surface area (Å²) < 4.78 is 15.8. The van der Waals surface area contributed by atoms with E-state index in [1.807, 2.05) is 0 Å². The first-order valence-corrected chi connectivity index (χ1v) is 7.73. The van der Waals surface area contributed by atoms with Crippen LogP contribution in [-0.2, 0) is 4.74 Å². The van der Waals surface area contributed by atoms with Crippen molar-refractivity contribution in [2.45, 2.75) is 0 Å². The minimum atomic E-state index is -0.367. The summed E-state index contributed by atoms with van der Waals surface area (Å²) in [6.07, 6.45) is 1.35. The van der Waals surface area contributed by atoms with Crippen molar-refractivity contribution in [2.75, 3.05) is 32.8 Å². The summed E-state index contributed by atoms with van der Waals surface area (Å²) in [5.74, 6) is 0.689. The second-order valence-corrected chi connectivity index (χ2v) is 5.42. The molecule has 1 aromatic heterocycles. The SMILES string of the molecule is COCCOc1cc(NC(=O)c2cnc(Cl)c(Cl)c2)ccc1OC. The number of amides is 1. The van der Waals surface area contributed by atoms with Crippen molar-refractivity contribution < 1.29 is 19.0 Å². The number of halogens is 2. The zero-order chi connectivity index (χ0) is 17.5. The van der Waals surface area contributed by atoms with E-state index in [4.69, 9.17) is 37.4 Å². The number of benzene rings is 1. The molecule has 0 aliphatic carbocycles. The molecule has 0 fully saturated rings. The van der Waals surface area contributed by atoms with Gasteiger partial charge in [-0.2, -0.15) is 0 Å². The average Bonchev–Trinajstić information content (AvgIpc) is 2.58. The van der Waals surface area contributed by atoms with E-state index in [1.54, 1.807) is 25.3 Å². The minimum Gasteiger partial charge on any atom is -0.493 e. The molecule has 0 atom stereocenters. The number of nitrogens with zero attached hydrogens (tertiary/aromatic N) is 1. The van der Waals surface area contributed by atoms with Crippen LogP contribution in [0.2, 0.25) is 10.2 Å². The van der Waals surface area contributed by atoms with E-state index in [0.29, 0.717) is 36.0 Å². The highest BCUT2D eigenvalue weighted by Gasteiger charge is 2.12. The fourth-order valence-electron chi connectivity index (χ4n) is 1.85. The summed E-state index contributed by atoms with van der Waals surface area (Å²) in [4.78, 5) is 16.1. The largest absolute Gasteiger partial charge is 0.493 e. The van der Waals surface area contributed by atoms with Crippen LogP contribution >= 0.6 is 23.2 Å². The van der Waals surface area contributed by atoms with Crippen molar-refractivity contribution >= 4 is 34.8 Å². The van der Waals surface area contributed by atoms with Crippen LogP contribution in [0.1, 0.15) is 10.4 Å². The molecule has 2 rings (SSSR count). The van der Waals surface area contributed by atoms with Gasteiger partial charge in [-0.25, -0.2) is 4.98 Å². The lowest BCUT2D eigenvalue weighted by molar-refractivity contribution is 0.102. The van der Waals surface area contributed by atoms with Gasteiger partial charge in [-0.05, 0) is 18.2 Å². The van der Waals surface area contributed by atoms with E-state index in [1.165, 1.54) is 19.4 Å². The number of carbonyl (C=O) groups is 1. The quantitative estimate of drug-likeness (QED) is 0.594. The van der Waals surface area contributed by atoms with Gasteiger partial charge in [-0.15, -0.1) is 0 Å². The Hall–Kier alpha value is -2.02. The monoisotopic (exact) mass is 370 g/mol. The molecule has 0 saturated carbocycles. The van der Waals surface area contributed by atoms with Gasteiger partial charge < -0.3 is 19.5 Å². The van der Waals surface area contributed by atoms with E-state index in [-0.39, 0.29) is 16.1 Å². The molecular formula is C16H16Cl2N2O4. The highest BCUT2D eigenvalue weighted by Crippen LogP contribution is 2.30. The molecule has 0 unspecified atom stereocenters. The summed E-state index contributed by atoms with van der Waals surface area (Å²) in [7, 11) is 3.13. The number of hydrogen-bond acceptors (Lipinski definition) is 5. The molecule has 1 aromatic carbocycles. The van der Waals surface area contributed by atoms with Crippen LogP contribution in [0.5, 0.6) is 11.5 Å². The molecule has 1 amide bonds. The molecule has 128 valence electrons. The maximum atomic E-state index is 12.3. The number of anilines is 1. The Balaban J connectivity index is 2.14. The first kappa shape index (κ1) is 18.3. The zero-order valence-corrected chi connectivity index (χ0v) is 14.6. The maximum Gasteiger partial charge on any atom is 0.257 e. The predicted molar refractivity (Wildman–Crippen MR) is 92.6 cm³/mol. The number of methoxy groups -OCH3 is 2. The molecule has 0 spiro atoms. The van der Waals surface area contributed by atoms with E-state index in [0.717, 1.165) is 0 Å². The van der Waals surface area contributed by atoms with Gasteiger partial charge in [0, 0.05) is 25.1 Å². The van der Waals surface area contributed by atoms with Crippen molar-refractivity contribution in [3.8, 4) is 11.5 Å². The first-order valence-electron chi connectivity index (χ1n) is 6.97. The molecule has 24 heavy (non-hydrogen) atoms. The van der Waals surface area contributed by atoms with Crippen molar-refractivity contribution in [2.24, 2.45) is 0 Å². The van der Waals surface area contributed by atoms with E-state index in [2.05, 4.69) is 10.3 Å². The molecule has 8 heteroatoms. The van der Waals surface area contributed by atoms with Crippen molar-refractivity contribution in [3.63, 3.8) is 0 Å². The number of pyridine rings is 1. The molecule has 0 bridgehead atoms. The molecule has 1 N–H and O–H groups in total. The normalized spacial score (nSPS) is 10.3. The van der Waals surface area contributed by atoms with Gasteiger partial charge in [0.25, 0.3) is 5.91 Å². The number of ether oxygens (including phenoxy) is 3. The lowest BCUT2D eigenvalue weighted by Crippen LogP contribution is -2.13. The Bertz CT molecular complexity index is 725. The average molecular weight is 371 g/mol. The van der Waals surface area contributed by atoms with Crippen molar-refractivity contribution in [1.82, 2.24) is 4.98 Å². The number of nitrogens with one attached hydrogen (secondary N) is 1. The number of rotatable bonds is 7. The zero-order valence-electron chi connectivity index (χ0n) is 13.1. The highest BCUT2D eigenvalue weighted by atomic mass is 35.5. The molecule has 0 aliphatic rings. The lowest BCUT2D eigenvalue weighted by atomic mass is 10.2. The van der Waals surface area contributed by atoms with Gasteiger partial charge in [0.2, 0.25) is 0 Å². The van der Waals surface area contributed by atoms with E-state index >= 15 is 0 Å². The molecule has 0 radical (unpaired) electrons. The predicted octanol–water partition coefficient (Wildman–Crippen LogP) is 3.67. The van der Waals surface area contributed by atoms with Gasteiger partial charge in [0.05, 0.1) is 24.3 Å². The third-order valence-corrected chi connectivity index (χ3v) is 3.71. The number of aromatic nitrogens is 1. The minimum absolute atomic E-state index is 0.145. The Kier molecular flexibility index (Phi) is 6.66. The second kappa shape index (κ2) is 8.73. The van der Waals surface area contributed by atoms with Gasteiger partial charge in [-0.3, -0.25) is 4.79 Å². The maximum absolute atomic E-state index is 12.3. The van der Waals surface area contributed by atoms with Gasteiger partial charge in [0.15, 0.2) is 11.5 Å². The Morgan fingerprint density at radius 1 is 1.17 bits per heavy atom. The van der Waals surface area contributed by atoms with Gasteiger partial charge in [0.1, 0.15) is 11.8 Å². The van der Waals surface area contributed by atoms with Crippen LogP contribution in [0.4, 0.5) is 5.69 Å². The standard InChI is InChI=1S/C16H16Cl2N2O4/c1-22-5-6-24-14-8-11(3-4-13(14)23-2)20-16(21)10-7-12(17)15(18)19-9-10/h3-4,7-9H,5-6H2,1-2H3,(H,20,21). The van der Waals surface area contributed by atoms with Crippen LogP contribution in [-0.4, -0.2) is 38.3 Å². The fourth-order valence-corrected chi connectivity index (χ4v) is 2.12. The van der Waals surface area contributed by atoms with Crippen LogP contribution in [0.3, 0.4) is 0 Å². The molecular weight excluding hydrogens is 355 g/mol. The Morgan fingerprint density at radius 3 is 2.62 bits per heavy atom. The summed E-state index contributed by atoms with van der Waals surface area (Å²) in [5, 5.41) is 3.10. The third-order valence-electron chi connectivity index (χ3n) is 3.02. The summed E-state index contributed by atoms with van der Waals surface area (Å²) >= 11 is 11.6. The van der Waals surface area contributed by atoms with Crippen LogP contribution in [0.15, 0.2) is 30.5 Å². The molecule has 2 aromatic rings. The second-order valence-electron chi connectivity index (χ2n) is 4.66. The van der Waals surface area contributed by atoms with Crippen LogP contribution in [0, 0.1) is 0 Å². The first-order chi connectivity index (χ1) is 11.5.